The van der Waals surface area contributed by atoms with Crippen LogP contribution < -0.4 is 10.0 Å². The van der Waals surface area contributed by atoms with Crippen molar-refractivity contribution in [2.24, 2.45) is 10.3 Å². The Kier molecular flexibility index (Phi) is 7.03. The number of rotatable bonds is 7. The van der Waals surface area contributed by atoms with E-state index in [2.05, 4.69) is 34.4 Å². The molecule has 1 atom stereocenters. The van der Waals surface area contributed by atoms with Gasteiger partial charge < -0.3 is 10.4 Å². The fourth-order valence-corrected chi connectivity index (χ4v) is 7.21. The summed E-state index contributed by atoms with van der Waals surface area (Å²) in [6.45, 7) is 5.98. The molecule has 2 aliphatic rings. The van der Waals surface area contributed by atoms with E-state index in [9.17, 15) is 27.4 Å². The smallest absolute Gasteiger partial charge is 0.261 e. The number of Topliss-reactive ketones (excluding diaryl/α,β-unsaturated/α-hetero) is 1. The fraction of sp³-hybridized carbons (Fsp3) is 0.241. The molecular weight excluding hydrogens is 550 g/mol. The molecule has 3 aromatic rings. The maximum Gasteiger partial charge on any atom is 0.261 e. The molecule has 1 aliphatic carbocycles. The number of anilines is 2. The second kappa shape index (κ2) is 10.1. The number of amidine groups is 1. The van der Waals surface area contributed by atoms with Crippen LogP contribution in [-0.4, -0.2) is 34.2 Å². The molecule has 1 unspecified atom stereocenters. The van der Waals surface area contributed by atoms with Crippen molar-refractivity contribution in [3.05, 3.63) is 89.5 Å². The minimum Gasteiger partial charge on any atom is -0.506 e. The topological polar surface area (TPSA) is 148 Å². The summed E-state index contributed by atoms with van der Waals surface area (Å²) in [4.78, 5) is 14.0. The number of carbonyl (C=O) groups excluding carboxylic acids is 1. The maximum atomic E-state index is 14.0. The maximum absolute atomic E-state index is 14.0. The lowest BCUT2D eigenvalue weighted by molar-refractivity contribution is -0.120. The number of benzene rings is 3. The SMILES string of the molecule is CC(C)CCC1(C)C(=O)C(C2=NS(O)(O)c3cc(NS(=O)(=O)c4cc[c]cc4)ccc3N2)=C(O)c2ccccc21. The molecule has 0 saturated heterocycles. The van der Waals surface area contributed by atoms with Gasteiger partial charge in [-0.2, -0.15) is 0 Å². The number of ketones is 1. The molecule has 0 amide bonds. The quantitative estimate of drug-likeness (QED) is 0.218. The molecule has 9 nitrogen and oxygen atoms in total. The van der Waals surface area contributed by atoms with Gasteiger partial charge in [0, 0.05) is 5.56 Å². The van der Waals surface area contributed by atoms with Crippen molar-refractivity contribution >= 4 is 49.6 Å². The molecule has 5 rings (SSSR count). The summed E-state index contributed by atoms with van der Waals surface area (Å²) in [5.74, 6) is -0.486. The Hall–Kier alpha value is -3.64. The third kappa shape index (κ3) is 4.90. The molecule has 40 heavy (non-hydrogen) atoms. The summed E-state index contributed by atoms with van der Waals surface area (Å²) in [5.41, 5.74) is 0.418. The predicted molar refractivity (Wildman–Crippen MR) is 157 cm³/mol. The Morgan fingerprint density at radius 3 is 2.50 bits per heavy atom. The Morgan fingerprint density at radius 1 is 1.10 bits per heavy atom. The van der Waals surface area contributed by atoms with Crippen LogP contribution in [0.2, 0.25) is 0 Å². The molecule has 209 valence electrons. The van der Waals surface area contributed by atoms with Gasteiger partial charge in [-0.15, -0.1) is 4.40 Å². The zero-order valence-corrected chi connectivity index (χ0v) is 23.8. The number of fused-ring (bicyclic) bond motifs is 2. The van der Waals surface area contributed by atoms with Gasteiger partial charge >= 0.3 is 0 Å². The fourth-order valence-electron chi connectivity index (χ4n) is 4.97. The summed E-state index contributed by atoms with van der Waals surface area (Å²) in [6.07, 6.45) is 1.29. The number of nitrogens with one attached hydrogen (secondary N) is 2. The molecule has 5 N–H and O–H groups in total. The predicted octanol–water partition coefficient (Wildman–Crippen LogP) is 6.38. The Morgan fingerprint density at radius 2 is 1.80 bits per heavy atom. The highest BCUT2D eigenvalue weighted by molar-refractivity contribution is 8.23. The van der Waals surface area contributed by atoms with E-state index in [1.54, 1.807) is 12.1 Å². The van der Waals surface area contributed by atoms with E-state index in [4.69, 9.17) is 0 Å². The number of aliphatic hydroxyl groups is 1. The van der Waals surface area contributed by atoms with Gasteiger partial charge in [0.1, 0.15) is 16.2 Å². The van der Waals surface area contributed by atoms with Crippen LogP contribution in [0.1, 0.15) is 44.7 Å². The van der Waals surface area contributed by atoms with Crippen LogP contribution in [0.15, 0.2) is 86.5 Å². The summed E-state index contributed by atoms with van der Waals surface area (Å²) in [5, 5.41) is 14.2. The zero-order valence-electron chi connectivity index (χ0n) is 22.2. The summed E-state index contributed by atoms with van der Waals surface area (Å²) in [7, 11) is -7.82. The van der Waals surface area contributed by atoms with Crippen molar-refractivity contribution < 1.29 is 27.4 Å². The van der Waals surface area contributed by atoms with Crippen LogP contribution in [0, 0.1) is 12.0 Å². The van der Waals surface area contributed by atoms with E-state index < -0.39 is 26.2 Å². The Bertz CT molecular complexity index is 1670. The first-order chi connectivity index (χ1) is 18.8. The minimum absolute atomic E-state index is 0.0213. The number of hydrogen-bond acceptors (Lipinski definition) is 8. The first-order valence-electron chi connectivity index (χ1n) is 12.7. The first-order valence-corrected chi connectivity index (χ1v) is 15.7. The van der Waals surface area contributed by atoms with E-state index in [0.717, 1.165) is 6.42 Å². The Labute approximate surface area is 235 Å². The normalized spacial score (nSPS) is 20.8. The van der Waals surface area contributed by atoms with Crippen LogP contribution in [0.3, 0.4) is 0 Å². The van der Waals surface area contributed by atoms with Gasteiger partial charge in [0.05, 0.1) is 21.7 Å². The lowest BCUT2D eigenvalue weighted by Gasteiger charge is -2.39. The van der Waals surface area contributed by atoms with Crippen molar-refractivity contribution in [2.75, 3.05) is 10.0 Å². The van der Waals surface area contributed by atoms with Gasteiger partial charge in [0.25, 0.3) is 10.0 Å². The molecule has 3 aromatic carbocycles. The van der Waals surface area contributed by atoms with Crippen molar-refractivity contribution in [1.29, 1.82) is 0 Å². The van der Waals surface area contributed by atoms with Crippen LogP contribution in [0.5, 0.6) is 0 Å². The lowest BCUT2D eigenvalue weighted by Crippen LogP contribution is -2.42. The van der Waals surface area contributed by atoms with Gasteiger partial charge in [0.2, 0.25) is 0 Å². The third-order valence-corrected chi connectivity index (χ3v) is 9.96. The van der Waals surface area contributed by atoms with Gasteiger partial charge in [0.15, 0.2) is 11.6 Å². The van der Waals surface area contributed by atoms with Gasteiger partial charge in [-0.1, -0.05) is 61.0 Å². The number of nitrogens with zero attached hydrogens (tertiary/aromatic N) is 1. The third-order valence-electron chi connectivity index (χ3n) is 7.20. The molecule has 0 aromatic heterocycles. The highest BCUT2D eigenvalue weighted by atomic mass is 32.3. The van der Waals surface area contributed by atoms with Crippen molar-refractivity contribution in [1.82, 2.24) is 0 Å². The highest BCUT2D eigenvalue weighted by Gasteiger charge is 2.46. The Balaban J connectivity index is 1.54. The van der Waals surface area contributed by atoms with E-state index in [1.165, 1.54) is 42.5 Å². The van der Waals surface area contributed by atoms with Gasteiger partial charge in [-0.05, 0) is 67.6 Å². The number of sulfonamides is 1. The number of aliphatic hydroxyl groups excluding tert-OH is 1. The minimum atomic E-state index is -3.94. The van der Waals surface area contributed by atoms with Crippen LogP contribution in [0.4, 0.5) is 11.4 Å². The molecular formula is C29H30N3O6S2. The lowest BCUT2D eigenvalue weighted by atomic mass is 9.66. The van der Waals surface area contributed by atoms with Crippen LogP contribution in [0.25, 0.3) is 5.76 Å². The molecule has 1 aliphatic heterocycles. The van der Waals surface area contributed by atoms with E-state index >= 15 is 0 Å². The molecule has 1 radical (unpaired) electrons. The number of carbonyl (C=O) groups is 1. The molecule has 1 heterocycles. The molecule has 0 saturated carbocycles. The monoisotopic (exact) mass is 580 g/mol. The van der Waals surface area contributed by atoms with E-state index in [1.807, 2.05) is 19.1 Å². The second-order valence-electron chi connectivity index (χ2n) is 10.5. The molecule has 0 bridgehead atoms. The van der Waals surface area contributed by atoms with Crippen LogP contribution in [-0.2, 0) is 20.2 Å². The van der Waals surface area contributed by atoms with Crippen molar-refractivity contribution in [2.45, 2.75) is 48.8 Å². The molecule has 0 spiro atoms. The van der Waals surface area contributed by atoms with Crippen molar-refractivity contribution in [3.8, 4) is 0 Å². The number of hydrogen-bond donors (Lipinski definition) is 5. The zero-order chi connectivity index (χ0) is 28.9. The average Bonchev–Trinajstić information content (AvgIpc) is 2.91. The summed E-state index contributed by atoms with van der Waals surface area (Å²) < 4.78 is 54.1. The highest BCUT2D eigenvalue weighted by Crippen LogP contribution is 2.57. The van der Waals surface area contributed by atoms with Gasteiger partial charge in [-0.25, -0.2) is 8.42 Å². The summed E-state index contributed by atoms with van der Waals surface area (Å²) in [6, 6.07) is 19.8. The molecule has 11 heteroatoms. The largest absolute Gasteiger partial charge is 0.506 e. The van der Waals surface area contributed by atoms with Crippen LogP contribution >= 0.6 is 10.8 Å². The van der Waals surface area contributed by atoms with E-state index in [0.29, 0.717) is 23.5 Å². The molecule has 0 fully saturated rings. The summed E-state index contributed by atoms with van der Waals surface area (Å²) >= 11 is 0. The van der Waals surface area contributed by atoms with Crippen molar-refractivity contribution in [3.63, 3.8) is 0 Å². The first kappa shape index (κ1) is 27.9. The standard InChI is InChI=1S/C29H30N3O6S2/c1-18(2)15-16-29(3)22-12-8-7-11-21(22)26(33)25(27(29)34)28-30-23-14-13-19(17-24(23)40(37,38)32-28)31-39(35,36)20-9-5-4-6-10-20/h5-14,17-18,31,33,37-38H,15-16H2,1-3H3,(H,30,32). The average molecular weight is 581 g/mol. The van der Waals surface area contributed by atoms with E-state index in [-0.39, 0.29) is 44.1 Å². The van der Waals surface area contributed by atoms with Gasteiger partial charge in [-0.3, -0.25) is 18.6 Å². The second-order valence-corrected chi connectivity index (χ2v) is 13.8.